The van der Waals surface area contributed by atoms with Gasteiger partial charge in [-0.2, -0.15) is 0 Å². The number of nitrogens with zero attached hydrogens (tertiary/aromatic N) is 1. The Morgan fingerprint density at radius 3 is 1.63 bits per heavy atom. The van der Waals surface area contributed by atoms with E-state index in [4.69, 9.17) is 4.99 Å². The summed E-state index contributed by atoms with van der Waals surface area (Å²) in [5, 5.41) is 0. The summed E-state index contributed by atoms with van der Waals surface area (Å²) in [5.74, 6) is 0. The van der Waals surface area contributed by atoms with Gasteiger partial charge < -0.3 is 0 Å². The van der Waals surface area contributed by atoms with Gasteiger partial charge in [0, 0.05) is 11.3 Å². The predicted molar refractivity (Wildman–Crippen MR) is 120 cm³/mol. The van der Waals surface area contributed by atoms with Crippen molar-refractivity contribution in [3.63, 3.8) is 0 Å². The standard InChI is InChI=1S/C26H37N/c1-20(27-23-14-9-8-10-15-23)24-21(16-18-25(2,3)4)12-11-13-22(24)17-19-26(5,6)7/h8-15H,16-19H2,1-7H3. The lowest BCUT2D eigenvalue weighted by molar-refractivity contribution is 0.376. The highest BCUT2D eigenvalue weighted by Crippen LogP contribution is 2.28. The fraction of sp³-hybridized carbons (Fsp3) is 0.500. The molecule has 0 heterocycles. The van der Waals surface area contributed by atoms with Gasteiger partial charge in [0.1, 0.15) is 0 Å². The molecule has 0 radical (unpaired) electrons. The second kappa shape index (κ2) is 8.87. The van der Waals surface area contributed by atoms with Gasteiger partial charge in [-0.25, -0.2) is 0 Å². The third-order valence-electron chi connectivity index (χ3n) is 4.94. The van der Waals surface area contributed by atoms with Crippen LogP contribution >= 0.6 is 0 Å². The van der Waals surface area contributed by atoms with E-state index in [1.54, 1.807) is 0 Å². The molecule has 0 atom stereocenters. The molecule has 0 aromatic heterocycles. The summed E-state index contributed by atoms with van der Waals surface area (Å²) in [5.41, 5.74) is 7.08. The van der Waals surface area contributed by atoms with E-state index in [9.17, 15) is 0 Å². The predicted octanol–water partition coefficient (Wildman–Crippen LogP) is 7.78. The van der Waals surface area contributed by atoms with Crippen LogP contribution in [0.2, 0.25) is 0 Å². The van der Waals surface area contributed by atoms with Crippen LogP contribution in [0.4, 0.5) is 5.69 Å². The Morgan fingerprint density at radius 2 is 1.19 bits per heavy atom. The van der Waals surface area contributed by atoms with Gasteiger partial charge in [0.15, 0.2) is 0 Å². The number of aliphatic imine (C=N–C) groups is 1. The van der Waals surface area contributed by atoms with Gasteiger partial charge in [-0.3, -0.25) is 4.99 Å². The maximum atomic E-state index is 4.96. The zero-order valence-electron chi connectivity index (χ0n) is 18.4. The first-order valence-electron chi connectivity index (χ1n) is 10.3. The SMILES string of the molecule is CC(=Nc1ccccc1)c1c(CCC(C)(C)C)cccc1CCC(C)(C)C. The molecular weight excluding hydrogens is 326 g/mol. The molecule has 2 aromatic rings. The molecule has 1 heteroatoms. The Hall–Kier alpha value is -1.89. The first-order valence-corrected chi connectivity index (χ1v) is 10.3. The smallest absolute Gasteiger partial charge is 0.0633 e. The van der Waals surface area contributed by atoms with Crippen LogP contribution in [0.15, 0.2) is 53.5 Å². The average molecular weight is 364 g/mol. The normalized spacial score (nSPS) is 13.1. The quantitative estimate of drug-likeness (QED) is 0.464. The van der Waals surface area contributed by atoms with Crippen molar-refractivity contribution >= 4 is 11.4 Å². The van der Waals surface area contributed by atoms with E-state index in [2.05, 4.69) is 90.9 Å². The summed E-state index contributed by atoms with van der Waals surface area (Å²) in [7, 11) is 0. The summed E-state index contributed by atoms with van der Waals surface area (Å²) < 4.78 is 0. The van der Waals surface area contributed by atoms with Gasteiger partial charge >= 0.3 is 0 Å². The Morgan fingerprint density at radius 1 is 0.704 bits per heavy atom. The van der Waals surface area contributed by atoms with Gasteiger partial charge in [0.05, 0.1) is 5.69 Å². The molecule has 0 aliphatic carbocycles. The van der Waals surface area contributed by atoms with Gasteiger partial charge in [-0.15, -0.1) is 0 Å². The molecular formula is C26H37N. The van der Waals surface area contributed by atoms with Crippen LogP contribution in [0.3, 0.4) is 0 Å². The van der Waals surface area contributed by atoms with Crippen LogP contribution in [0.5, 0.6) is 0 Å². The molecule has 0 aliphatic heterocycles. The lowest BCUT2D eigenvalue weighted by Gasteiger charge is -2.22. The molecule has 2 rings (SSSR count). The molecule has 0 fully saturated rings. The van der Waals surface area contributed by atoms with E-state index in [-0.39, 0.29) is 0 Å². The van der Waals surface area contributed by atoms with Crippen molar-refractivity contribution in [1.29, 1.82) is 0 Å². The summed E-state index contributed by atoms with van der Waals surface area (Å²) in [6.45, 7) is 16.1. The van der Waals surface area contributed by atoms with E-state index in [1.165, 1.54) is 29.5 Å². The highest BCUT2D eigenvalue weighted by atomic mass is 14.7. The molecule has 27 heavy (non-hydrogen) atoms. The Kier molecular flexibility index (Phi) is 7.03. The Labute approximate surface area is 166 Å². The van der Waals surface area contributed by atoms with Crippen molar-refractivity contribution in [2.45, 2.75) is 74.1 Å². The second-order valence-corrected chi connectivity index (χ2v) is 10.1. The average Bonchev–Trinajstić information content (AvgIpc) is 2.57. The number of hydrogen-bond donors (Lipinski definition) is 0. The van der Waals surface area contributed by atoms with Crippen LogP contribution in [0, 0.1) is 10.8 Å². The fourth-order valence-corrected chi connectivity index (χ4v) is 3.31. The first-order chi connectivity index (χ1) is 12.6. The molecule has 146 valence electrons. The molecule has 0 unspecified atom stereocenters. The van der Waals surface area contributed by atoms with Crippen LogP contribution in [0.1, 0.15) is 78.0 Å². The lowest BCUT2D eigenvalue weighted by atomic mass is 9.83. The zero-order valence-corrected chi connectivity index (χ0v) is 18.4. The summed E-state index contributed by atoms with van der Waals surface area (Å²) in [4.78, 5) is 4.96. The highest BCUT2D eigenvalue weighted by molar-refractivity contribution is 6.02. The number of para-hydroxylation sites is 1. The van der Waals surface area contributed by atoms with Gasteiger partial charge in [-0.1, -0.05) is 77.9 Å². The van der Waals surface area contributed by atoms with Gasteiger partial charge in [0.2, 0.25) is 0 Å². The maximum Gasteiger partial charge on any atom is 0.0633 e. The zero-order chi connectivity index (χ0) is 20.1. The summed E-state index contributed by atoms with van der Waals surface area (Å²) in [6.07, 6.45) is 4.57. The molecule has 0 aliphatic rings. The third kappa shape index (κ3) is 7.33. The minimum absolute atomic E-state index is 0.336. The van der Waals surface area contributed by atoms with E-state index < -0.39 is 0 Å². The van der Waals surface area contributed by atoms with Gasteiger partial charge in [-0.05, 0) is 66.7 Å². The monoisotopic (exact) mass is 363 g/mol. The fourth-order valence-electron chi connectivity index (χ4n) is 3.31. The molecule has 0 saturated carbocycles. The van der Waals surface area contributed by atoms with Crippen molar-refractivity contribution in [3.05, 3.63) is 65.2 Å². The Balaban J connectivity index is 2.43. The first kappa shape index (κ1) is 21.4. The van der Waals surface area contributed by atoms with E-state index >= 15 is 0 Å². The summed E-state index contributed by atoms with van der Waals surface area (Å²) >= 11 is 0. The van der Waals surface area contributed by atoms with Crippen molar-refractivity contribution in [2.75, 3.05) is 0 Å². The van der Waals surface area contributed by atoms with Crippen LogP contribution in [-0.2, 0) is 12.8 Å². The summed E-state index contributed by atoms with van der Waals surface area (Å²) in [6, 6.07) is 17.1. The van der Waals surface area contributed by atoms with Gasteiger partial charge in [0.25, 0.3) is 0 Å². The largest absolute Gasteiger partial charge is 0.253 e. The molecule has 0 spiro atoms. The minimum atomic E-state index is 0.336. The molecule has 2 aromatic carbocycles. The topological polar surface area (TPSA) is 12.4 Å². The molecule has 0 saturated heterocycles. The minimum Gasteiger partial charge on any atom is -0.253 e. The van der Waals surface area contributed by atoms with Crippen LogP contribution < -0.4 is 0 Å². The number of rotatable bonds is 6. The van der Waals surface area contributed by atoms with Crippen LogP contribution in [0.25, 0.3) is 0 Å². The molecule has 0 N–H and O–H groups in total. The highest BCUT2D eigenvalue weighted by Gasteiger charge is 2.17. The Bertz CT molecular complexity index is 719. The number of benzene rings is 2. The molecule has 1 nitrogen and oxygen atoms in total. The van der Waals surface area contributed by atoms with Crippen molar-refractivity contribution in [3.8, 4) is 0 Å². The third-order valence-corrected chi connectivity index (χ3v) is 4.94. The molecule has 0 amide bonds. The lowest BCUT2D eigenvalue weighted by Crippen LogP contribution is -2.13. The second-order valence-electron chi connectivity index (χ2n) is 10.1. The van der Waals surface area contributed by atoms with Crippen molar-refractivity contribution in [1.82, 2.24) is 0 Å². The van der Waals surface area contributed by atoms with Crippen molar-refractivity contribution in [2.24, 2.45) is 15.8 Å². The van der Waals surface area contributed by atoms with E-state index in [0.29, 0.717) is 10.8 Å². The number of hydrogen-bond acceptors (Lipinski definition) is 1. The van der Waals surface area contributed by atoms with E-state index in [1.807, 2.05) is 6.07 Å². The van der Waals surface area contributed by atoms with E-state index in [0.717, 1.165) is 24.2 Å². The maximum absolute atomic E-state index is 4.96. The van der Waals surface area contributed by atoms with Crippen LogP contribution in [-0.4, -0.2) is 5.71 Å². The number of aryl methyl sites for hydroxylation is 2. The van der Waals surface area contributed by atoms with Crippen molar-refractivity contribution < 1.29 is 0 Å². The molecule has 0 bridgehead atoms.